The number of rotatable bonds is 6. The molecule has 1 saturated carbocycles. The smallest absolute Gasteiger partial charge is 0.138 e. The predicted octanol–water partition coefficient (Wildman–Crippen LogP) is 1.86. The van der Waals surface area contributed by atoms with Gasteiger partial charge in [0.2, 0.25) is 0 Å². The van der Waals surface area contributed by atoms with Crippen molar-refractivity contribution in [1.82, 2.24) is 20.1 Å². The average molecular weight is 236 g/mol. The molecule has 0 radical (unpaired) electrons. The lowest BCUT2D eigenvalue weighted by Crippen LogP contribution is -2.36. The van der Waals surface area contributed by atoms with E-state index in [1.165, 1.54) is 12.8 Å². The largest absolute Gasteiger partial charge is 0.316 e. The fraction of sp³-hybridized carbons (Fsp3) is 0.846. The number of nitrogens with zero attached hydrogens (tertiary/aromatic N) is 3. The van der Waals surface area contributed by atoms with Gasteiger partial charge in [0.25, 0.3) is 0 Å². The maximum Gasteiger partial charge on any atom is 0.138 e. The molecular formula is C13H24N4. The van der Waals surface area contributed by atoms with E-state index in [-0.39, 0.29) is 0 Å². The Balaban J connectivity index is 2.04. The van der Waals surface area contributed by atoms with Crippen LogP contribution < -0.4 is 5.32 Å². The third-order valence-electron chi connectivity index (χ3n) is 3.85. The van der Waals surface area contributed by atoms with E-state index in [9.17, 15) is 0 Å². The molecular weight excluding hydrogens is 212 g/mol. The van der Waals surface area contributed by atoms with Crippen molar-refractivity contribution in [3.63, 3.8) is 0 Å². The fourth-order valence-electron chi connectivity index (χ4n) is 2.37. The molecule has 1 fully saturated rings. The van der Waals surface area contributed by atoms with Crippen molar-refractivity contribution in [2.45, 2.75) is 52.6 Å². The minimum atomic E-state index is 0.476. The first kappa shape index (κ1) is 12.6. The second kappa shape index (κ2) is 4.77. The molecule has 0 amide bonds. The lowest BCUT2D eigenvalue weighted by atomic mass is 9.95. The molecule has 1 N–H and O–H groups in total. The Hall–Kier alpha value is -0.900. The molecule has 1 aromatic heterocycles. The third-order valence-corrected chi connectivity index (χ3v) is 3.85. The lowest BCUT2D eigenvalue weighted by Gasteiger charge is -2.22. The molecule has 0 spiro atoms. The SMILES string of the molecule is CNC(Cc1ncnn1CC(C)C)C1(C)CC1. The van der Waals surface area contributed by atoms with Gasteiger partial charge >= 0.3 is 0 Å². The summed E-state index contributed by atoms with van der Waals surface area (Å²) < 4.78 is 2.06. The van der Waals surface area contributed by atoms with Gasteiger partial charge in [-0.25, -0.2) is 9.67 Å². The summed E-state index contributed by atoms with van der Waals surface area (Å²) in [6.45, 7) is 7.74. The van der Waals surface area contributed by atoms with Crippen LogP contribution in [0.25, 0.3) is 0 Å². The Bertz CT molecular complexity index is 365. The van der Waals surface area contributed by atoms with E-state index < -0.39 is 0 Å². The molecule has 0 aliphatic heterocycles. The van der Waals surface area contributed by atoms with Gasteiger partial charge in [0.15, 0.2) is 0 Å². The predicted molar refractivity (Wildman–Crippen MR) is 68.8 cm³/mol. The first-order valence-corrected chi connectivity index (χ1v) is 6.59. The van der Waals surface area contributed by atoms with Crippen molar-refractivity contribution in [2.24, 2.45) is 11.3 Å². The maximum absolute atomic E-state index is 4.41. The van der Waals surface area contributed by atoms with Crippen molar-refractivity contribution in [3.05, 3.63) is 12.2 Å². The Morgan fingerprint density at radius 3 is 2.71 bits per heavy atom. The zero-order chi connectivity index (χ0) is 12.5. The number of hydrogen-bond donors (Lipinski definition) is 1. The van der Waals surface area contributed by atoms with Gasteiger partial charge in [-0.1, -0.05) is 20.8 Å². The van der Waals surface area contributed by atoms with Crippen LogP contribution in [0.3, 0.4) is 0 Å². The summed E-state index contributed by atoms with van der Waals surface area (Å²) in [4.78, 5) is 4.41. The van der Waals surface area contributed by atoms with Crippen molar-refractivity contribution in [1.29, 1.82) is 0 Å². The van der Waals surface area contributed by atoms with E-state index in [0.29, 0.717) is 17.4 Å². The fourth-order valence-corrected chi connectivity index (χ4v) is 2.37. The van der Waals surface area contributed by atoms with Gasteiger partial charge in [-0.2, -0.15) is 5.10 Å². The van der Waals surface area contributed by atoms with Crippen LogP contribution in [0, 0.1) is 11.3 Å². The highest BCUT2D eigenvalue weighted by molar-refractivity contribution is 5.03. The Kier molecular flexibility index (Phi) is 3.52. The maximum atomic E-state index is 4.41. The summed E-state index contributed by atoms with van der Waals surface area (Å²) in [5.74, 6) is 1.73. The normalized spacial score (nSPS) is 19.6. The summed E-state index contributed by atoms with van der Waals surface area (Å²) in [7, 11) is 2.05. The summed E-state index contributed by atoms with van der Waals surface area (Å²) in [5, 5.41) is 7.77. The molecule has 1 aliphatic carbocycles. The molecule has 4 nitrogen and oxygen atoms in total. The molecule has 1 aromatic rings. The van der Waals surface area contributed by atoms with Crippen molar-refractivity contribution in [3.8, 4) is 0 Å². The van der Waals surface area contributed by atoms with Crippen LogP contribution in [-0.4, -0.2) is 27.9 Å². The summed E-state index contributed by atoms with van der Waals surface area (Å²) in [6, 6.07) is 0.526. The van der Waals surface area contributed by atoms with Crippen LogP contribution in [0.4, 0.5) is 0 Å². The zero-order valence-corrected chi connectivity index (χ0v) is 11.4. The number of aromatic nitrogens is 3. The highest BCUT2D eigenvalue weighted by Gasteiger charge is 2.44. The molecule has 17 heavy (non-hydrogen) atoms. The van der Waals surface area contributed by atoms with Crippen LogP contribution in [0.5, 0.6) is 0 Å². The number of nitrogens with one attached hydrogen (secondary N) is 1. The summed E-state index contributed by atoms with van der Waals surface area (Å²) in [5.41, 5.74) is 0.476. The minimum absolute atomic E-state index is 0.476. The topological polar surface area (TPSA) is 42.7 Å². The Morgan fingerprint density at radius 1 is 1.47 bits per heavy atom. The van der Waals surface area contributed by atoms with Gasteiger partial charge in [-0.3, -0.25) is 0 Å². The van der Waals surface area contributed by atoms with E-state index in [4.69, 9.17) is 0 Å². The monoisotopic (exact) mass is 236 g/mol. The van der Waals surface area contributed by atoms with E-state index in [1.54, 1.807) is 6.33 Å². The van der Waals surface area contributed by atoms with Gasteiger partial charge in [0, 0.05) is 19.0 Å². The molecule has 1 unspecified atom stereocenters. The molecule has 2 rings (SSSR count). The van der Waals surface area contributed by atoms with E-state index in [0.717, 1.165) is 18.8 Å². The highest BCUT2D eigenvalue weighted by Crippen LogP contribution is 2.48. The Labute approximate surface area is 104 Å². The van der Waals surface area contributed by atoms with E-state index >= 15 is 0 Å². The quantitative estimate of drug-likeness (QED) is 0.820. The van der Waals surface area contributed by atoms with Crippen LogP contribution in [-0.2, 0) is 13.0 Å². The van der Waals surface area contributed by atoms with Crippen molar-refractivity contribution in [2.75, 3.05) is 7.05 Å². The number of hydrogen-bond acceptors (Lipinski definition) is 3. The van der Waals surface area contributed by atoms with Crippen molar-refractivity contribution < 1.29 is 0 Å². The standard InChI is InChI=1S/C13H24N4/c1-10(2)8-17-12(15-9-16-17)7-11(14-4)13(3)5-6-13/h9-11,14H,5-8H2,1-4H3. The number of likely N-dealkylation sites (N-methyl/N-ethyl adjacent to an activating group) is 1. The van der Waals surface area contributed by atoms with Gasteiger partial charge in [-0.05, 0) is 31.2 Å². The van der Waals surface area contributed by atoms with Crippen LogP contribution in [0.15, 0.2) is 6.33 Å². The van der Waals surface area contributed by atoms with Gasteiger partial charge < -0.3 is 5.32 Å². The molecule has 0 aromatic carbocycles. The van der Waals surface area contributed by atoms with Crippen molar-refractivity contribution >= 4 is 0 Å². The summed E-state index contributed by atoms with van der Waals surface area (Å²) >= 11 is 0. The van der Waals surface area contributed by atoms with Gasteiger partial charge in [0.05, 0.1) is 0 Å². The minimum Gasteiger partial charge on any atom is -0.316 e. The lowest BCUT2D eigenvalue weighted by molar-refractivity contribution is 0.358. The Morgan fingerprint density at radius 2 is 2.18 bits per heavy atom. The molecule has 1 aliphatic rings. The summed E-state index contributed by atoms with van der Waals surface area (Å²) in [6.07, 6.45) is 5.33. The molecule has 1 atom stereocenters. The van der Waals surface area contributed by atoms with Gasteiger partial charge in [-0.15, -0.1) is 0 Å². The van der Waals surface area contributed by atoms with Gasteiger partial charge in [0.1, 0.15) is 12.2 Å². The van der Waals surface area contributed by atoms with E-state index in [1.807, 2.05) is 0 Å². The first-order valence-electron chi connectivity index (χ1n) is 6.59. The average Bonchev–Trinajstić information content (AvgIpc) is 2.86. The zero-order valence-electron chi connectivity index (χ0n) is 11.4. The highest BCUT2D eigenvalue weighted by atomic mass is 15.3. The van der Waals surface area contributed by atoms with Crippen LogP contribution in [0.2, 0.25) is 0 Å². The van der Waals surface area contributed by atoms with E-state index in [2.05, 4.69) is 47.9 Å². The van der Waals surface area contributed by atoms with Crippen LogP contribution >= 0.6 is 0 Å². The molecule has 4 heteroatoms. The van der Waals surface area contributed by atoms with Crippen LogP contribution in [0.1, 0.15) is 39.4 Å². The molecule has 96 valence electrons. The molecule has 1 heterocycles. The third kappa shape index (κ3) is 2.86. The second-order valence-electron chi connectivity index (χ2n) is 5.95. The first-order chi connectivity index (χ1) is 8.05. The second-order valence-corrected chi connectivity index (χ2v) is 5.95. The molecule has 0 saturated heterocycles. The molecule has 0 bridgehead atoms.